The molecule has 0 saturated heterocycles. The van der Waals surface area contributed by atoms with E-state index < -0.39 is 0 Å². The Hall–Kier alpha value is -2.85. The van der Waals surface area contributed by atoms with Crippen molar-refractivity contribution >= 4 is 0 Å². The quantitative estimate of drug-likeness (QED) is 0.590. The van der Waals surface area contributed by atoms with E-state index in [1.54, 1.807) is 6.20 Å². The van der Waals surface area contributed by atoms with Gasteiger partial charge in [-0.2, -0.15) is 0 Å². The molecule has 0 atom stereocenters. The Kier molecular flexibility index (Phi) is 6.62. The van der Waals surface area contributed by atoms with Gasteiger partial charge < -0.3 is 14.8 Å². The minimum Gasteiger partial charge on any atom is -0.489 e. The molecular weight excluding hydrogens is 324 g/mol. The van der Waals surface area contributed by atoms with Crippen molar-refractivity contribution in [3.63, 3.8) is 0 Å². The first kappa shape index (κ1) is 18.0. The molecule has 1 N–H and O–H groups in total. The molecule has 3 aromatic rings. The SMILES string of the molecule is Cc1ccc(COc2ccccc2CNCCOc2ccccn2)cc1. The van der Waals surface area contributed by atoms with Gasteiger partial charge in [0.05, 0.1) is 0 Å². The van der Waals surface area contributed by atoms with Crippen molar-refractivity contribution in [1.29, 1.82) is 0 Å². The number of benzene rings is 2. The smallest absolute Gasteiger partial charge is 0.213 e. The van der Waals surface area contributed by atoms with Crippen LogP contribution in [-0.4, -0.2) is 18.1 Å². The van der Waals surface area contributed by atoms with E-state index in [0.717, 1.165) is 24.4 Å². The third kappa shape index (κ3) is 5.60. The summed E-state index contributed by atoms with van der Waals surface area (Å²) in [6.45, 7) is 4.70. The van der Waals surface area contributed by atoms with E-state index in [1.165, 1.54) is 11.1 Å². The maximum atomic E-state index is 6.01. The first-order chi connectivity index (χ1) is 12.8. The highest BCUT2D eigenvalue weighted by Crippen LogP contribution is 2.19. The third-order valence-electron chi connectivity index (χ3n) is 3.97. The van der Waals surface area contributed by atoms with Crippen LogP contribution in [0.5, 0.6) is 11.6 Å². The number of nitrogens with zero attached hydrogens (tertiary/aromatic N) is 1. The number of hydrogen-bond donors (Lipinski definition) is 1. The van der Waals surface area contributed by atoms with Gasteiger partial charge >= 0.3 is 0 Å². The Labute approximate surface area is 154 Å². The molecule has 0 aliphatic carbocycles. The largest absolute Gasteiger partial charge is 0.489 e. The highest BCUT2D eigenvalue weighted by atomic mass is 16.5. The highest BCUT2D eigenvalue weighted by molar-refractivity contribution is 5.33. The normalized spacial score (nSPS) is 10.5. The Morgan fingerprint density at radius 3 is 2.50 bits per heavy atom. The van der Waals surface area contributed by atoms with Crippen LogP contribution < -0.4 is 14.8 Å². The van der Waals surface area contributed by atoms with Gasteiger partial charge in [0, 0.05) is 30.9 Å². The van der Waals surface area contributed by atoms with Crippen molar-refractivity contribution in [1.82, 2.24) is 10.3 Å². The molecule has 0 spiro atoms. The van der Waals surface area contributed by atoms with Crippen molar-refractivity contribution < 1.29 is 9.47 Å². The second-order valence-electron chi connectivity index (χ2n) is 6.08. The number of aryl methyl sites for hydroxylation is 1. The van der Waals surface area contributed by atoms with Gasteiger partial charge in [-0.3, -0.25) is 0 Å². The van der Waals surface area contributed by atoms with E-state index in [2.05, 4.69) is 47.6 Å². The first-order valence-electron chi connectivity index (χ1n) is 8.82. The van der Waals surface area contributed by atoms with Crippen LogP contribution >= 0.6 is 0 Å². The topological polar surface area (TPSA) is 43.4 Å². The van der Waals surface area contributed by atoms with Crippen LogP contribution in [0.15, 0.2) is 72.9 Å². The minimum absolute atomic E-state index is 0.570. The molecule has 1 heterocycles. The minimum atomic E-state index is 0.570. The number of aromatic nitrogens is 1. The van der Waals surface area contributed by atoms with Crippen LogP contribution in [0.1, 0.15) is 16.7 Å². The summed E-state index contributed by atoms with van der Waals surface area (Å²) >= 11 is 0. The molecule has 0 aliphatic heterocycles. The maximum Gasteiger partial charge on any atom is 0.213 e. The lowest BCUT2D eigenvalue weighted by molar-refractivity contribution is 0.295. The standard InChI is InChI=1S/C22H24N2O2/c1-18-9-11-19(12-10-18)17-26-21-7-3-2-6-20(21)16-23-14-15-25-22-8-4-5-13-24-22/h2-13,23H,14-17H2,1H3. The molecule has 4 heteroatoms. The molecular formula is C22H24N2O2. The van der Waals surface area contributed by atoms with Crippen LogP contribution in [0.4, 0.5) is 0 Å². The summed E-state index contributed by atoms with van der Waals surface area (Å²) in [5.74, 6) is 1.56. The summed E-state index contributed by atoms with van der Waals surface area (Å²) < 4.78 is 11.6. The molecule has 0 amide bonds. The van der Waals surface area contributed by atoms with Gasteiger partial charge in [-0.05, 0) is 24.6 Å². The lowest BCUT2D eigenvalue weighted by atomic mass is 10.1. The van der Waals surface area contributed by atoms with Gasteiger partial charge in [-0.15, -0.1) is 0 Å². The van der Waals surface area contributed by atoms with E-state index in [0.29, 0.717) is 19.1 Å². The summed E-state index contributed by atoms with van der Waals surface area (Å²) in [6.07, 6.45) is 1.73. The Balaban J connectivity index is 1.45. The molecule has 0 radical (unpaired) electrons. The molecule has 3 rings (SSSR count). The molecule has 4 nitrogen and oxygen atoms in total. The number of para-hydroxylation sites is 1. The van der Waals surface area contributed by atoms with Crippen molar-refractivity contribution in [3.8, 4) is 11.6 Å². The highest BCUT2D eigenvalue weighted by Gasteiger charge is 2.03. The number of ether oxygens (including phenoxy) is 2. The third-order valence-corrected chi connectivity index (χ3v) is 3.97. The average Bonchev–Trinajstić information content (AvgIpc) is 2.69. The molecule has 0 aliphatic rings. The average molecular weight is 348 g/mol. The first-order valence-corrected chi connectivity index (χ1v) is 8.82. The van der Waals surface area contributed by atoms with Gasteiger partial charge in [-0.25, -0.2) is 4.98 Å². The summed E-state index contributed by atoms with van der Waals surface area (Å²) in [7, 11) is 0. The van der Waals surface area contributed by atoms with Gasteiger partial charge in [0.15, 0.2) is 0 Å². The zero-order chi connectivity index (χ0) is 18.0. The summed E-state index contributed by atoms with van der Waals surface area (Å²) in [4.78, 5) is 4.14. The fraction of sp³-hybridized carbons (Fsp3) is 0.227. The van der Waals surface area contributed by atoms with Crippen LogP contribution in [-0.2, 0) is 13.2 Å². The number of nitrogens with one attached hydrogen (secondary N) is 1. The summed E-state index contributed by atoms with van der Waals surface area (Å²) in [5.41, 5.74) is 3.56. The second-order valence-corrected chi connectivity index (χ2v) is 6.08. The number of pyridine rings is 1. The van der Waals surface area contributed by atoms with Gasteiger partial charge in [0.2, 0.25) is 5.88 Å². The molecule has 0 unspecified atom stereocenters. The number of hydrogen-bond acceptors (Lipinski definition) is 4. The zero-order valence-electron chi connectivity index (χ0n) is 15.0. The fourth-order valence-electron chi connectivity index (χ4n) is 2.52. The van der Waals surface area contributed by atoms with Gasteiger partial charge in [-0.1, -0.05) is 54.1 Å². The van der Waals surface area contributed by atoms with E-state index in [-0.39, 0.29) is 0 Å². The molecule has 134 valence electrons. The van der Waals surface area contributed by atoms with Crippen molar-refractivity contribution in [2.45, 2.75) is 20.1 Å². The second kappa shape index (κ2) is 9.59. The maximum absolute atomic E-state index is 6.01. The van der Waals surface area contributed by atoms with E-state index in [4.69, 9.17) is 9.47 Å². The predicted molar refractivity (Wildman–Crippen MR) is 103 cm³/mol. The Morgan fingerprint density at radius 2 is 1.69 bits per heavy atom. The summed E-state index contributed by atoms with van der Waals surface area (Å²) in [6, 6.07) is 22.2. The Morgan fingerprint density at radius 1 is 0.885 bits per heavy atom. The van der Waals surface area contributed by atoms with Gasteiger partial charge in [0.1, 0.15) is 19.0 Å². The van der Waals surface area contributed by atoms with Crippen LogP contribution in [0.3, 0.4) is 0 Å². The molecule has 0 bridgehead atoms. The monoisotopic (exact) mass is 348 g/mol. The van der Waals surface area contributed by atoms with E-state index in [1.807, 2.05) is 36.4 Å². The molecule has 0 saturated carbocycles. The molecule has 26 heavy (non-hydrogen) atoms. The summed E-state index contributed by atoms with van der Waals surface area (Å²) in [5, 5.41) is 3.39. The molecule has 2 aromatic carbocycles. The Bertz CT molecular complexity index is 789. The predicted octanol–water partition coefficient (Wildman–Crippen LogP) is 4.14. The van der Waals surface area contributed by atoms with Crippen molar-refractivity contribution in [2.24, 2.45) is 0 Å². The fourth-order valence-corrected chi connectivity index (χ4v) is 2.52. The zero-order valence-corrected chi connectivity index (χ0v) is 15.0. The van der Waals surface area contributed by atoms with Crippen LogP contribution in [0, 0.1) is 6.92 Å². The van der Waals surface area contributed by atoms with Crippen molar-refractivity contribution in [3.05, 3.63) is 89.6 Å². The van der Waals surface area contributed by atoms with E-state index in [9.17, 15) is 0 Å². The molecule has 0 fully saturated rings. The number of rotatable bonds is 9. The van der Waals surface area contributed by atoms with Gasteiger partial charge in [0.25, 0.3) is 0 Å². The lowest BCUT2D eigenvalue weighted by Gasteiger charge is -2.12. The lowest BCUT2D eigenvalue weighted by Crippen LogP contribution is -2.21. The molecule has 1 aromatic heterocycles. The van der Waals surface area contributed by atoms with Crippen LogP contribution in [0.25, 0.3) is 0 Å². The van der Waals surface area contributed by atoms with E-state index >= 15 is 0 Å². The van der Waals surface area contributed by atoms with Crippen LogP contribution in [0.2, 0.25) is 0 Å². The van der Waals surface area contributed by atoms with Crippen molar-refractivity contribution in [2.75, 3.05) is 13.2 Å².